The highest BCUT2D eigenvalue weighted by atomic mass is 32.2. The van der Waals surface area contributed by atoms with Gasteiger partial charge in [0.2, 0.25) is 11.1 Å². The molecule has 0 fully saturated rings. The summed E-state index contributed by atoms with van der Waals surface area (Å²) >= 11 is 1.64. The Morgan fingerprint density at radius 3 is 2.86 bits per heavy atom. The molecule has 1 unspecified atom stereocenters. The Bertz CT molecular complexity index is 948. The van der Waals surface area contributed by atoms with E-state index in [0.29, 0.717) is 12.4 Å². The van der Waals surface area contributed by atoms with Gasteiger partial charge in [0.1, 0.15) is 11.8 Å². The van der Waals surface area contributed by atoms with Crippen molar-refractivity contribution < 1.29 is 9.53 Å². The predicted octanol–water partition coefficient (Wildman–Crippen LogP) is 4.45. The summed E-state index contributed by atoms with van der Waals surface area (Å²) in [4.78, 5) is 17.9. The number of anilines is 1. The third kappa shape index (κ3) is 3.32. The first-order valence-electron chi connectivity index (χ1n) is 9.69. The number of rotatable bonds is 5. The van der Waals surface area contributed by atoms with Crippen LogP contribution in [0.3, 0.4) is 0 Å². The summed E-state index contributed by atoms with van der Waals surface area (Å²) in [6.07, 6.45) is 2.39. The van der Waals surface area contributed by atoms with Crippen LogP contribution in [-0.2, 0) is 4.79 Å². The SMILES string of the molecule is CCCSc1nc2n(n1)C(c1ccccc1OC)C1=C(CC(C)(C)CC1=O)N2. The molecule has 6 nitrogen and oxygen atoms in total. The van der Waals surface area contributed by atoms with Gasteiger partial charge >= 0.3 is 0 Å². The van der Waals surface area contributed by atoms with Gasteiger partial charge in [-0.15, -0.1) is 5.10 Å². The van der Waals surface area contributed by atoms with Gasteiger partial charge in [0.05, 0.1) is 7.11 Å². The van der Waals surface area contributed by atoms with Gasteiger partial charge in [-0.3, -0.25) is 4.79 Å². The van der Waals surface area contributed by atoms with Crippen LogP contribution in [0.5, 0.6) is 5.75 Å². The standard InChI is InChI=1S/C21H26N4O2S/c1-5-10-28-20-23-19-22-14-11-21(2,3)12-15(26)17(14)18(25(19)24-20)13-8-6-7-9-16(13)27-4/h6-9,18H,5,10-12H2,1-4H3,(H,22,23,24). The number of Topliss-reactive ketones (excluding diaryl/α,β-unsaturated/α-hetero) is 1. The van der Waals surface area contributed by atoms with Gasteiger partial charge < -0.3 is 10.1 Å². The molecule has 1 aromatic carbocycles. The molecule has 0 saturated carbocycles. The fraction of sp³-hybridized carbons (Fsp3) is 0.476. The molecular formula is C21H26N4O2S. The number of carbonyl (C=O) groups is 1. The first-order chi connectivity index (χ1) is 13.4. The van der Waals surface area contributed by atoms with Crippen LogP contribution in [0.15, 0.2) is 40.7 Å². The Labute approximate surface area is 169 Å². The lowest BCUT2D eigenvalue weighted by atomic mass is 9.73. The second-order valence-corrected chi connectivity index (χ2v) is 9.18. The summed E-state index contributed by atoms with van der Waals surface area (Å²) in [5.74, 6) is 2.57. The number of hydrogen-bond acceptors (Lipinski definition) is 6. The molecule has 1 atom stereocenters. The second kappa shape index (κ2) is 7.28. The van der Waals surface area contributed by atoms with Crippen molar-refractivity contribution in [2.75, 3.05) is 18.2 Å². The lowest BCUT2D eigenvalue weighted by Crippen LogP contribution is -2.36. The van der Waals surface area contributed by atoms with Crippen LogP contribution in [0.2, 0.25) is 0 Å². The molecule has 0 saturated heterocycles. The van der Waals surface area contributed by atoms with Crippen LogP contribution in [0, 0.1) is 5.41 Å². The Kier molecular flexibility index (Phi) is 4.95. The first-order valence-corrected chi connectivity index (χ1v) is 10.7. The highest BCUT2D eigenvalue weighted by molar-refractivity contribution is 7.99. The number of hydrogen-bond donors (Lipinski definition) is 1. The number of aromatic nitrogens is 3. The molecule has 1 N–H and O–H groups in total. The molecule has 2 aromatic rings. The Morgan fingerprint density at radius 2 is 2.11 bits per heavy atom. The molecule has 0 amide bonds. The zero-order valence-electron chi connectivity index (χ0n) is 16.8. The Morgan fingerprint density at radius 1 is 1.32 bits per heavy atom. The maximum atomic E-state index is 13.2. The predicted molar refractivity (Wildman–Crippen MR) is 111 cm³/mol. The van der Waals surface area contributed by atoms with Crippen molar-refractivity contribution in [3.63, 3.8) is 0 Å². The van der Waals surface area contributed by atoms with Gasteiger partial charge in [-0.1, -0.05) is 50.7 Å². The first kappa shape index (κ1) is 19.1. The van der Waals surface area contributed by atoms with E-state index in [4.69, 9.17) is 14.8 Å². The van der Waals surface area contributed by atoms with E-state index in [9.17, 15) is 4.79 Å². The largest absolute Gasteiger partial charge is 0.496 e. The molecule has 148 valence electrons. The molecule has 2 aliphatic rings. The third-order valence-electron chi connectivity index (χ3n) is 5.18. The van der Waals surface area contributed by atoms with E-state index < -0.39 is 0 Å². The van der Waals surface area contributed by atoms with Gasteiger partial charge in [-0.25, -0.2) is 4.68 Å². The molecule has 4 rings (SSSR count). The number of carbonyl (C=O) groups excluding carboxylic acids is 1. The van der Waals surface area contributed by atoms with Gasteiger partial charge in [-0.05, 0) is 24.3 Å². The highest BCUT2D eigenvalue weighted by Crippen LogP contribution is 2.47. The minimum absolute atomic E-state index is 0.0732. The number of allylic oxidation sites excluding steroid dienone is 2. The van der Waals surface area contributed by atoms with Crippen LogP contribution < -0.4 is 10.1 Å². The highest BCUT2D eigenvalue weighted by Gasteiger charge is 2.42. The fourth-order valence-electron chi connectivity index (χ4n) is 4.02. The monoisotopic (exact) mass is 398 g/mol. The van der Waals surface area contributed by atoms with Crippen molar-refractivity contribution >= 4 is 23.5 Å². The Hall–Kier alpha value is -2.28. The zero-order chi connectivity index (χ0) is 19.9. The van der Waals surface area contributed by atoms with Crippen molar-refractivity contribution in [2.24, 2.45) is 5.41 Å². The van der Waals surface area contributed by atoms with Crippen molar-refractivity contribution in [2.45, 2.75) is 51.2 Å². The molecule has 28 heavy (non-hydrogen) atoms. The number of nitrogens with one attached hydrogen (secondary N) is 1. The lowest BCUT2D eigenvalue weighted by Gasteiger charge is -2.38. The molecule has 0 bridgehead atoms. The zero-order valence-corrected chi connectivity index (χ0v) is 17.6. The number of ether oxygens (including phenoxy) is 1. The molecule has 1 aliphatic heterocycles. The minimum atomic E-state index is -0.325. The van der Waals surface area contributed by atoms with Gasteiger partial charge in [0.15, 0.2) is 5.78 Å². The van der Waals surface area contributed by atoms with E-state index in [1.807, 2.05) is 28.9 Å². The molecule has 0 spiro atoms. The molecule has 0 radical (unpaired) electrons. The van der Waals surface area contributed by atoms with Crippen molar-refractivity contribution in [3.8, 4) is 5.75 Å². The molecule has 7 heteroatoms. The quantitative estimate of drug-likeness (QED) is 0.751. The summed E-state index contributed by atoms with van der Waals surface area (Å²) in [5.41, 5.74) is 2.61. The minimum Gasteiger partial charge on any atom is -0.496 e. The lowest BCUT2D eigenvalue weighted by molar-refractivity contribution is -0.118. The topological polar surface area (TPSA) is 69.0 Å². The summed E-state index contributed by atoms with van der Waals surface area (Å²) in [7, 11) is 1.66. The molecule has 1 aliphatic carbocycles. The average molecular weight is 399 g/mol. The summed E-state index contributed by atoms with van der Waals surface area (Å²) in [5, 5.41) is 8.89. The number of methoxy groups -OCH3 is 1. The molecule has 1 aromatic heterocycles. The van der Waals surface area contributed by atoms with E-state index in [1.165, 1.54) is 0 Å². The van der Waals surface area contributed by atoms with Crippen LogP contribution in [0.1, 0.15) is 51.6 Å². The smallest absolute Gasteiger partial charge is 0.227 e. The number of nitrogens with zero attached hydrogens (tertiary/aromatic N) is 3. The maximum Gasteiger partial charge on any atom is 0.227 e. The number of thioether (sulfide) groups is 1. The molecular weight excluding hydrogens is 372 g/mol. The van der Waals surface area contributed by atoms with Crippen LogP contribution in [-0.4, -0.2) is 33.4 Å². The van der Waals surface area contributed by atoms with Crippen molar-refractivity contribution in [1.82, 2.24) is 14.8 Å². The average Bonchev–Trinajstić information content (AvgIpc) is 3.06. The van der Waals surface area contributed by atoms with E-state index in [2.05, 4.69) is 26.1 Å². The van der Waals surface area contributed by atoms with Gasteiger partial charge in [0.25, 0.3) is 0 Å². The second-order valence-electron chi connectivity index (χ2n) is 8.11. The van der Waals surface area contributed by atoms with E-state index >= 15 is 0 Å². The van der Waals surface area contributed by atoms with E-state index in [-0.39, 0.29) is 17.2 Å². The Balaban J connectivity index is 1.88. The summed E-state index contributed by atoms with van der Waals surface area (Å²) < 4.78 is 7.47. The summed E-state index contributed by atoms with van der Waals surface area (Å²) in [6.45, 7) is 6.41. The van der Waals surface area contributed by atoms with E-state index in [1.54, 1.807) is 18.9 Å². The molecule has 2 heterocycles. The van der Waals surface area contributed by atoms with Crippen molar-refractivity contribution in [1.29, 1.82) is 0 Å². The maximum absolute atomic E-state index is 13.2. The normalized spacial score (nSPS) is 20.4. The number of fused-ring (bicyclic) bond motifs is 1. The summed E-state index contributed by atoms with van der Waals surface area (Å²) in [6, 6.07) is 7.53. The van der Waals surface area contributed by atoms with Crippen molar-refractivity contribution in [3.05, 3.63) is 41.1 Å². The number of ketones is 1. The number of para-hydroxylation sites is 1. The number of benzene rings is 1. The van der Waals surface area contributed by atoms with E-state index in [0.717, 1.165) is 46.3 Å². The van der Waals surface area contributed by atoms with Gasteiger partial charge in [-0.2, -0.15) is 4.98 Å². The van der Waals surface area contributed by atoms with Gasteiger partial charge in [0, 0.05) is 29.0 Å². The van der Waals surface area contributed by atoms with Crippen LogP contribution >= 0.6 is 11.8 Å². The van der Waals surface area contributed by atoms with Crippen LogP contribution in [0.4, 0.5) is 5.95 Å². The van der Waals surface area contributed by atoms with Crippen LogP contribution in [0.25, 0.3) is 0 Å². The fourth-order valence-corrected chi connectivity index (χ4v) is 4.71. The third-order valence-corrected chi connectivity index (χ3v) is 6.22.